The predicted octanol–water partition coefficient (Wildman–Crippen LogP) is 7.90. The molecule has 0 bridgehead atoms. The molecule has 0 spiro atoms. The fraction of sp³-hybridized carbons (Fsp3) is 0.741. The molecule has 1 rings (SSSR count). The Labute approximate surface area is 219 Å². The van der Waals surface area contributed by atoms with E-state index >= 15 is 0 Å². The van der Waals surface area contributed by atoms with Crippen molar-refractivity contribution >= 4 is 24.5 Å². The minimum Gasteiger partial charge on any atom is -0.438 e. The molecule has 0 radical (unpaired) electrons. The Morgan fingerprint density at radius 3 is 2.11 bits per heavy atom. The van der Waals surface area contributed by atoms with Crippen LogP contribution in [0.2, 0.25) is 0 Å². The third-order valence-corrected chi connectivity index (χ3v) is 9.21. The Balaban J connectivity index is 2.49. The fourth-order valence-electron chi connectivity index (χ4n) is 4.28. The van der Waals surface area contributed by atoms with Crippen molar-refractivity contribution in [3.8, 4) is 0 Å². The number of unbranched alkanes of at least 4 members (excludes halogenated alkanes) is 1. The van der Waals surface area contributed by atoms with E-state index in [2.05, 4.69) is 32.9 Å². The van der Waals surface area contributed by atoms with Crippen LogP contribution < -0.4 is 0 Å². The molecule has 1 atom stereocenters. The summed E-state index contributed by atoms with van der Waals surface area (Å²) in [6.07, 6.45) is 16.7. The van der Waals surface area contributed by atoms with Gasteiger partial charge in [-0.1, -0.05) is 54.2 Å². The highest BCUT2D eigenvalue weighted by Crippen LogP contribution is 2.36. The topological polar surface area (TPSA) is 107 Å². The summed E-state index contributed by atoms with van der Waals surface area (Å²) in [4.78, 5) is 12.1. The van der Waals surface area contributed by atoms with Gasteiger partial charge >= 0.3 is 16.1 Å². The Morgan fingerprint density at radius 1 is 0.972 bits per heavy atom. The molecule has 0 amide bonds. The lowest BCUT2D eigenvalue weighted by Gasteiger charge is -2.24. The summed E-state index contributed by atoms with van der Waals surface area (Å²) >= 11 is 0. The molecular formula is C27H45O7PS. The lowest BCUT2D eigenvalue weighted by Crippen LogP contribution is -2.36. The minimum absolute atomic E-state index is 0.190. The first-order valence-corrected chi connectivity index (χ1v) is 15.3. The van der Waals surface area contributed by atoms with Gasteiger partial charge in [0.1, 0.15) is 0 Å². The normalized spacial score (nSPS) is 17.6. The summed E-state index contributed by atoms with van der Waals surface area (Å²) in [5.74, 6) is -0.208. The van der Waals surface area contributed by atoms with E-state index in [-0.39, 0.29) is 18.8 Å². The van der Waals surface area contributed by atoms with E-state index in [1.807, 2.05) is 13.0 Å². The maximum atomic E-state index is 12.1. The molecule has 1 unspecified atom stereocenters. The van der Waals surface area contributed by atoms with E-state index in [1.165, 1.54) is 23.1 Å². The molecule has 1 saturated carbocycles. The molecule has 0 heterocycles. The first-order chi connectivity index (χ1) is 17.0. The maximum absolute atomic E-state index is 12.1. The first kappa shape index (κ1) is 32.7. The molecule has 0 aromatic rings. The van der Waals surface area contributed by atoms with Gasteiger partial charge in [-0.15, -0.1) is 0 Å². The molecule has 0 aromatic heterocycles. The number of hydrogen-bond donors (Lipinski definition) is 1. The quantitative estimate of drug-likeness (QED) is 0.0495. The van der Waals surface area contributed by atoms with Crippen LogP contribution in [0.15, 0.2) is 34.9 Å². The Morgan fingerprint density at radius 2 is 1.56 bits per heavy atom. The van der Waals surface area contributed by atoms with Crippen LogP contribution in [-0.2, 0) is 29.0 Å². The number of rotatable bonds is 17. The van der Waals surface area contributed by atoms with Crippen molar-refractivity contribution in [2.45, 2.75) is 116 Å². The van der Waals surface area contributed by atoms with Crippen LogP contribution in [0.4, 0.5) is 0 Å². The van der Waals surface area contributed by atoms with Gasteiger partial charge in [-0.2, -0.15) is 8.42 Å². The van der Waals surface area contributed by atoms with E-state index < -0.39 is 36.0 Å². The Bertz CT molecular complexity index is 882. The molecule has 0 aliphatic heterocycles. The van der Waals surface area contributed by atoms with Gasteiger partial charge in [-0.3, -0.25) is 13.9 Å². The summed E-state index contributed by atoms with van der Waals surface area (Å²) in [5.41, 5.74) is 3.87. The molecule has 1 aliphatic rings. The van der Waals surface area contributed by atoms with Crippen molar-refractivity contribution in [2.24, 2.45) is 5.92 Å². The molecule has 9 heteroatoms. The van der Waals surface area contributed by atoms with Gasteiger partial charge < -0.3 is 9.47 Å². The minimum atomic E-state index is -4.81. The van der Waals surface area contributed by atoms with Gasteiger partial charge in [0.2, 0.25) is 8.46 Å². The number of carbonyl (C=O) groups is 1. The third-order valence-electron chi connectivity index (χ3n) is 6.54. The van der Waals surface area contributed by atoms with Gasteiger partial charge in [0.15, 0.2) is 6.79 Å². The molecule has 7 nitrogen and oxygen atoms in total. The molecule has 0 saturated heterocycles. The van der Waals surface area contributed by atoms with Crippen molar-refractivity contribution in [1.82, 2.24) is 0 Å². The number of allylic oxidation sites excluding steroid dienone is 6. The second kappa shape index (κ2) is 17.2. The summed E-state index contributed by atoms with van der Waals surface area (Å²) in [7, 11) is -5.71. The van der Waals surface area contributed by atoms with Crippen molar-refractivity contribution in [3.05, 3.63) is 34.9 Å². The molecule has 1 N–H and O–H groups in total. The van der Waals surface area contributed by atoms with E-state index in [4.69, 9.17) is 9.47 Å². The number of esters is 1. The standard InChI is InChI=1S/C27H45O7PS/c1-22(2)12-10-14-24(4)16-11-15-23(3)13-8-9-19-27(35-29,36(30,31)32)34-21-33-26(28)20-25-17-6-5-7-18-25/h12-13,16,25H,5-11,14-15,17-21H2,1-4H3,(H,30,31,32). The van der Waals surface area contributed by atoms with Crippen molar-refractivity contribution in [3.63, 3.8) is 0 Å². The summed E-state index contributed by atoms with van der Waals surface area (Å²) in [6, 6.07) is 0. The van der Waals surface area contributed by atoms with Crippen LogP contribution in [0.25, 0.3) is 0 Å². The molecule has 206 valence electrons. The average molecular weight is 545 g/mol. The van der Waals surface area contributed by atoms with Crippen LogP contribution in [-0.4, -0.2) is 30.4 Å². The summed E-state index contributed by atoms with van der Waals surface area (Å²) < 4.78 is 53.3. The highest BCUT2D eigenvalue weighted by Gasteiger charge is 2.46. The van der Waals surface area contributed by atoms with E-state index in [9.17, 15) is 22.3 Å². The van der Waals surface area contributed by atoms with Crippen molar-refractivity contribution in [2.75, 3.05) is 6.79 Å². The van der Waals surface area contributed by atoms with Gasteiger partial charge in [0.05, 0.1) is 0 Å². The lowest BCUT2D eigenvalue weighted by atomic mass is 9.87. The fourth-order valence-corrected chi connectivity index (χ4v) is 5.61. The SMILES string of the molecule is CC(C)=CCCC(C)=CCCC(C)=CCCCC(OCOC(=O)CC1CCCCC1)(P=O)S(=O)(=O)O. The van der Waals surface area contributed by atoms with Crippen molar-refractivity contribution in [1.29, 1.82) is 0 Å². The number of ether oxygens (including phenoxy) is 2. The summed E-state index contributed by atoms with van der Waals surface area (Å²) in [6.45, 7) is 7.70. The zero-order valence-corrected chi connectivity index (χ0v) is 24.2. The number of carbonyl (C=O) groups excluding carboxylic acids is 1. The van der Waals surface area contributed by atoms with Crippen molar-refractivity contribution < 1.29 is 31.8 Å². The average Bonchev–Trinajstić information content (AvgIpc) is 2.80. The van der Waals surface area contributed by atoms with E-state index in [0.717, 1.165) is 51.4 Å². The third kappa shape index (κ3) is 13.3. The van der Waals surface area contributed by atoms with Crippen LogP contribution in [0.5, 0.6) is 0 Å². The van der Waals surface area contributed by atoms with Gasteiger partial charge in [0.25, 0.3) is 4.67 Å². The Kier molecular flexibility index (Phi) is 15.6. The van der Waals surface area contributed by atoms with Crippen LogP contribution in [0.1, 0.15) is 111 Å². The van der Waals surface area contributed by atoms with Crippen LogP contribution in [0.3, 0.4) is 0 Å². The zero-order valence-electron chi connectivity index (χ0n) is 22.5. The monoisotopic (exact) mass is 544 g/mol. The maximum Gasteiger partial charge on any atom is 0.308 e. The molecule has 0 aromatic carbocycles. The zero-order chi connectivity index (χ0) is 27.0. The molecule has 1 aliphatic carbocycles. The number of hydrogen-bond acceptors (Lipinski definition) is 6. The van der Waals surface area contributed by atoms with Gasteiger partial charge in [-0.05, 0) is 85.0 Å². The molecular weight excluding hydrogens is 499 g/mol. The molecule has 1 fully saturated rings. The van der Waals surface area contributed by atoms with Crippen LogP contribution >= 0.6 is 8.46 Å². The smallest absolute Gasteiger partial charge is 0.308 e. The van der Waals surface area contributed by atoms with Gasteiger partial charge in [-0.25, -0.2) is 0 Å². The first-order valence-electron chi connectivity index (χ1n) is 13.0. The van der Waals surface area contributed by atoms with E-state index in [1.54, 1.807) is 0 Å². The van der Waals surface area contributed by atoms with Gasteiger partial charge in [0, 0.05) is 12.8 Å². The van der Waals surface area contributed by atoms with E-state index in [0.29, 0.717) is 12.8 Å². The molecule has 36 heavy (non-hydrogen) atoms. The predicted molar refractivity (Wildman–Crippen MR) is 144 cm³/mol. The van der Waals surface area contributed by atoms with Crippen LogP contribution in [0, 0.1) is 5.92 Å². The highest BCUT2D eigenvalue weighted by atomic mass is 32.2. The highest BCUT2D eigenvalue weighted by molar-refractivity contribution is 7.91. The lowest BCUT2D eigenvalue weighted by molar-refractivity contribution is -0.161. The Hall–Kier alpha value is -1.34. The second-order valence-electron chi connectivity index (χ2n) is 10.1. The largest absolute Gasteiger partial charge is 0.438 e. The second-order valence-corrected chi connectivity index (χ2v) is 12.9. The summed E-state index contributed by atoms with van der Waals surface area (Å²) in [5, 5.41) is 0.